The second-order valence-electron chi connectivity index (χ2n) is 4.34. The maximum atomic E-state index is 13.5. The van der Waals surface area contributed by atoms with Gasteiger partial charge in [0.2, 0.25) is 0 Å². The van der Waals surface area contributed by atoms with Crippen LogP contribution in [0.2, 0.25) is 0 Å². The SMILES string of the molecule is CCN(Cc1cccc(F)c1F)CC(C)C(N)=S. The van der Waals surface area contributed by atoms with Crippen molar-refractivity contribution in [3.05, 3.63) is 35.4 Å². The van der Waals surface area contributed by atoms with Gasteiger partial charge >= 0.3 is 0 Å². The highest BCUT2D eigenvalue weighted by atomic mass is 32.1. The molecule has 1 unspecified atom stereocenters. The molecule has 0 saturated heterocycles. The Hall–Kier alpha value is -1.07. The Morgan fingerprint density at radius 2 is 2.11 bits per heavy atom. The summed E-state index contributed by atoms with van der Waals surface area (Å²) in [5, 5.41) is 0. The Morgan fingerprint density at radius 1 is 1.44 bits per heavy atom. The van der Waals surface area contributed by atoms with Gasteiger partial charge in [-0.2, -0.15) is 0 Å². The molecule has 0 amide bonds. The van der Waals surface area contributed by atoms with Gasteiger partial charge in [-0.1, -0.05) is 38.2 Å². The molecule has 0 radical (unpaired) electrons. The first kappa shape index (κ1) is 15.0. The van der Waals surface area contributed by atoms with Gasteiger partial charge in [0, 0.05) is 24.6 Å². The van der Waals surface area contributed by atoms with Gasteiger partial charge in [0.15, 0.2) is 11.6 Å². The van der Waals surface area contributed by atoms with Crippen LogP contribution in [0.25, 0.3) is 0 Å². The van der Waals surface area contributed by atoms with Gasteiger partial charge in [-0.25, -0.2) is 8.78 Å². The second-order valence-corrected chi connectivity index (χ2v) is 4.82. The fraction of sp³-hybridized carbons (Fsp3) is 0.462. The summed E-state index contributed by atoms with van der Waals surface area (Å²) in [6, 6.07) is 4.22. The highest BCUT2D eigenvalue weighted by molar-refractivity contribution is 7.80. The third-order valence-corrected chi connectivity index (χ3v) is 3.29. The zero-order valence-corrected chi connectivity index (χ0v) is 11.4. The van der Waals surface area contributed by atoms with Crippen LogP contribution in [0.4, 0.5) is 8.78 Å². The van der Waals surface area contributed by atoms with Crippen molar-refractivity contribution in [2.24, 2.45) is 11.7 Å². The molecule has 1 aromatic rings. The van der Waals surface area contributed by atoms with E-state index in [1.54, 1.807) is 6.07 Å². The average Bonchev–Trinajstić information content (AvgIpc) is 2.33. The fourth-order valence-corrected chi connectivity index (χ4v) is 1.77. The summed E-state index contributed by atoms with van der Waals surface area (Å²) in [7, 11) is 0. The van der Waals surface area contributed by atoms with Crippen molar-refractivity contribution in [3.63, 3.8) is 0 Å². The van der Waals surface area contributed by atoms with Crippen molar-refractivity contribution in [3.8, 4) is 0 Å². The predicted molar refractivity (Wildman–Crippen MR) is 73.3 cm³/mol. The smallest absolute Gasteiger partial charge is 0.163 e. The van der Waals surface area contributed by atoms with Crippen LogP contribution in [0.15, 0.2) is 18.2 Å². The molecule has 100 valence electrons. The first-order valence-electron chi connectivity index (χ1n) is 5.90. The van der Waals surface area contributed by atoms with E-state index >= 15 is 0 Å². The molecule has 0 fully saturated rings. The van der Waals surface area contributed by atoms with Gasteiger partial charge in [0.05, 0.1) is 4.99 Å². The van der Waals surface area contributed by atoms with Crippen LogP contribution in [0.1, 0.15) is 19.4 Å². The number of halogens is 2. The van der Waals surface area contributed by atoms with Gasteiger partial charge in [-0.3, -0.25) is 4.90 Å². The summed E-state index contributed by atoms with van der Waals surface area (Å²) in [5.74, 6) is -1.54. The van der Waals surface area contributed by atoms with E-state index in [9.17, 15) is 8.78 Å². The molecule has 2 nitrogen and oxygen atoms in total. The lowest BCUT2D eigenvalue weighted by molar-refractivity contribution is 0.259. The summed E-state index contributed by atoms with van der Waals surface area (Å²) in [5.41, 5.74) is 5.91. The number of nitrogens with two attached hydrogens (primary N) is 1. The number of benzene rings is 1. The summed E-state index contributed by atoms with van der Waals surface area (Å²) in [6.07, 6.45) is 0. The molecule has 0 aliphatic rings. The van der Waals surface area contributed by atoms with Crippen LogP contribution in [-0.2, 0) is 6.54 Å². The minimum Gasteiger partial charge on any atom is -0.393 e. The number of rotatable bonds is 6. The minimum atomic E-state index is -0.814. The standard InChI is InChI=1S/C13H18F2N2S/c1-3-17(7-9(2)13(16)18)8-10-5-4-6-11(14)12(10)15/h4-6,9H,3,7-8H2,1-2H3,(H2,16,18). The van der Waals surface area contributed by atoms with Crippen LogP contribution >= 0.6 is 12.2 Å². The lowest BCUT2D eigenvalue weighted by Gasteiger charge is -2.24. The molecule has 2 N–H and O–H groups in total. The van der Waals surface area contributed by atoms with Gasteiger partial charge in [-0.15, -0.1) is 0 Å². The Labute approximate surface area is 112 Å². The maximum Gasteiger partial charge on any atom is 0.163 e. The van der Waals surface area contributed by atoms with Crippen molar-refractivity contribution in [1.82, 2.24) is 4.90 Å². The number of nitrogens with zero attached hydrogens (tertiary/aromatic N) is 1. The monoisotopic (exact) mass is 272 g/mol. The van der Waals surface area contributed by atoms with Gasteiger partial charge in [0.1, 0.15) is 0 Å². The van der Waals surface area contributed by atoms with Crippen molar-refractivity contribution >= 4 is 17.2 Å². The average molecular weight is 272 g/mol. The quantitative estimate of drug-likeness (QED) is 0.807. The minimum absolute atomic E-state index is 0.0524. The highest BCUT2D eigenvalue weighted by Crippen LogP contribution is 2.14. The molecule has 0 bridgehead atoms. The van der Waals surface area contributed by atoms with Crippen LogP contribution in [0, 0.1) is 17.6 Å². The molecule has 1 atom stereocenters. The van der Waals surface area contributed by atoms with Crippen molar-refractivity contribution in [2.45, 2.75) is 20.4 Å². The first-order valence-corrected chi connectivity index (χ1v) is 6.31. The second kappa shape index (κ2) is 6.75. The molecule has 1 rings (SSSR count). The van der Waals surface area contributed by atoms with Crippen LogP contribution in [-0.4, -0.2) is 23.0 Å². The third-order valence-electron chi connectivity index (χ3n) is 2.89. The van der Waals surface area contributed by atoms with Crippen molar-refractivity contribution in [2.75, 3.05) is 13.1 Å². The highest BCUT2D eigenvalue weighted by Gasteiger charge is 2.14. The van der Waals surface area contributed by atoms with E-state index in [1.807, 2.05) is 18.7 Å². The van der Waals surface area contributed by atoms with E-state index in [2.05, 4.69) is 0 Å². The largest absolute Gasteiger partial charge is 0.393 e. The topological polar surface area (TPSA) is 29.3 Å². The fourth-order valence-electron chi connectivity index (χ4n) is 1.69. The van der Waals surface area contributed by atoms with Crippen LogP contribution in [0.5, 0.6) is 0 Å². The maximum absolute atomic E-state index is 13.5. The zero-order chi connectivity index (χ0) is 13.7. The molecule has 0 spiro atoms. The molecule has 0 heterocycles. The molecule has 18 heavy (non-hydrogen) atoms. The van der Waals surface area contributed by atoms with E-state index in [0.29, 0.717) is 23.6 Å². The van der Waals surface area contributed by atoms with E-state index in [-0.39, 0.29) is 5.92 Å². The zero-order valence-electron chi connectivity index (χ0n) is 10.6. The molecular weight excluding hydrogens is 254 g/mol. The Bertz CT molecular complexity index is 423. The molecule has 0 aliphatic carbocycles. The molecule has 5 heteroatoms. The summed E-state index contributed by atoms with van der Waals surface area (Å²) in [4.78, 5) is 2.43. The summed E-state index contributed by atoms with van der Waals surface area (Å²) >= 11 is 4.91. The molecular formula is C13H18F2N2S. The predicted octanol–water partition coefficient (Wildman–Crippen LogP) is 2.71. The van der Waals surface area contributed by atoms with E-state index < -0.39 is 11.6 Å². The van der Waals surface area contributed by atoms with Crippen LogP contribution in [0.3, 0.4) is 0 Å². The van der Waals surface area contributed by atoms with Crippen LogP contribution < -0.4 is 5.73 Å². The van der Waals surface area contributed by atoms with E-state index in [0.717, 1.165) is 12.6 Å². The van der Waals surface area contributed by atoms with Crippen molar-refractivity contribution < 1.29 is 8.78 Å². The lowest BCUT2D eigenvalue weighted by Crippen LogP contribution is -2.33. The number of thiocarbonyl (C=S) groups is 1. The molecule has 0 saturated carbocycles. The van der Waals surface area contributed by atoms with Crippen molar-refractivity contribution in [1.29, 1.82) is 0 Å². The normalized spacial score (nSPS) is 12.7. The van der Waals surface area contributed by atoms with Gasteiger partial charge < -0.3 is 5.73 Å². The number of hydrogen-bond donors (Lipinski definition) is 1. The third kappa shape index (κ3) is 3.99. The Morgan fingerprint density at radius 3 is 2.67 bits per heavy atom. The summed E-state index contributed by atoms with van der Waals surface area (Å²) < 4.78 is 26.6. The summed E-state index contributed by atoms with van der Waals surface area (Å²) in [6.45, 7) is 5.61. The molecule has 0 aliphatic heterocycles. The van der Waals surface area contributed by atoms with Gasteiger partial charge in [-0.05, 0) is 12.6 Å². The lowest BCUT2D eigenvalue weighted by atomic mass is 10.1. The molecule has 0 aromatic heterocycles. The first-order chi connectivity index (χ1) is 8.45. The Kier molecular flexibility index (Phi) is 5.62. The number of hydrogen-bond acceptors (Lipinski definition) is 2. The Balaban J connectivity index is 2.74. The van der Waals surface area contributed by atoms with E-state index in [1.165, 1.54) is 6.07 Å². The van der Waals surface area contributed by atoms with Gasteiger partial charge in [0.25, 0.3) is 0 Å². The van der Waals surface area contributed by atoms with E-state index in [4.69, 9.17) is 18.0 Å². The molecule has 1 aromatic carbocycles.